The highest BCUT2D eigenvalue weighted by Crippen LogP contribution is 2.62. The van der Waals surface area contributed by atoms with E-state index in [0.717, 1.165) is 24.0 Å². The van der Waals surface area contributed by atoms with Crippen LogP contribution < -0.4 is 0 Å². The Labute approximate surface area is 161 Å². The first-order valence-electron chi connectivity index (χ1n) is 10.1. The molecule has 0 bridgehead atoms. The number of aliphatic hydroxyl groups excluding tert-OH is 1. The molecular formula is C24H28O3. The van der Waals surface area contributed by atoms with Crippen molar-refractivity contribution in [2.45, 2.75) is 56.5 Å². The molecule has 0 saturated carbocycles. The minimum absolute atomic E-state index is 0.0593. The number of rotatable bonds is 8. The van der Waals surface area contributed by atoms with Crippen LogP contribution in [0, 0.1) is 5.92 Å². The maximum atomic E-state index is 11.0. The predicted molar refractivity (Wildman–Crippen MR) is 106 cm³/mol. The minimum Gasteiger partial charge on any atom is -0.467 e. The van der Waals surface area contributed by atoms with Gasteiger partial charge in [-0.05, 0) is 23.6 Å². The zero-order valence-electron chi connectivity index (χ0n) is 15.9. The first-order chi connectivity index (χ1) is 13.2. The standard InChI is InChI=1S/C24H28O3/c1-2-3-4-11-16-22(25)24-21(17-18-26-24)23(27-24,19-12-7-5-8-13-19)20-14-9-6-10-15-20/h5-10,12-15,17-18,21-22,25H,2-4,11,16H2,1H3/t21-,22-,24-/m0/s1. The number of unbranched alkanes of at least 4 members (excludes halogenated alkanes) is 3. The summed E-state index contributed by atoms with van der Waals surface area (Å²) in [6.45, 7) is 2.19. The highest BCUT2D eigenvalue weighted by molar-refractivity contribution is 5.44. The van der Waals surface area contributed by atoms with Crippen molar-refractivity contribution >= 4 is 0 Å². The molecule has 4 rings (SSSR count). The third-order valence-corrected chi connectivity index (χ3v) is 5.92. The molecule has 0 aliphatic carbocycles. The minimum atomic E-state index is -0.974. The van der Waals surface area contributed by atoms with Gasteiger partial charge in [0.2, 0.25) is 5.79 Å². The van der Waals surface area contributed by atoms with Gasteiger partial charge in [-0.2, -0.15) is 0 Å². The topological polar surface area (TPSA) is 38.7 Å². The van der Waals surface area contributed by atoms with E-state index in [-0.39, 0.29) is 5.92 Å². The number of benzene rings is 2. The molecule has 3 heteroatoms. The Kier molecular flexibility index (Phi) is 5.07. The van der Waals surface area contributed by atoms with Crippen LogP contribution in [-0.4, -0.2) is 17.0 Å². The lowest BCUT2D eigenvalue weighted by Gasteiger charge is -2.59. The van der Waals surface area contributed by atoms with Gasteiger partial charge in [-0.1, -0.05) is 93.3 Å². The molecule has 0 radical (unpaired) electrons. The van der Waals surface area contributed by atoms with Gasteiger partial charge in [0, 0.05) is 0 Å². The second-order valence-electron chi connectivity index (χ2n) is 7.58. The molecule has 0 aromatic heterocycles. The van der Waals surface area contributed by atoms with Gasteiger partial charge in [-0.3, -0.25) is 0 Å². The molecule has 2 heterocycles. The molecule has 2 aliphatic rings. The number of hydrogen-bond acceptors (Lipinski definition) is 3. The maximum absolute atomic E-state index is 11.0. The van der Waals surface area contributed by atoms with Crippen LogP contribution in [0.25, 0.3) is 0 Å². The Balaban J connectivity index is 1.65. The van der Waals surface area contributed by atoms with Crippen LogP contribution in [0.3, 0.4) is 0 Å². The first-order valence-corrected chi connectivity index (χ1v) is 10.1. The van der Waals surface area contributed by atoms with E-state index in [1.807, 2.05) is 36.4 Å². The Hall–Kier alpha value is -2.10. The van der Waals surface area contributed by atoms with E-state index >= 15 is 0 Å². The zero-order chi connectivity index (χ0) is 18.7. The van der Waals surface area contributed by atoms with E-state index in [2.05, 4.69) is 37.3 Å². The van der Waals surface area contributed by atoms with Crippen molar-refractivity contribution in [1.29, 1.82) is 0 Å². The van der Waals surface area contributed by atoms with Crippen molar-refractivity contribution in [1.82, 2.24) is 0 Å². The van der Waals surface area contributed by atoms with Crippen LogP contribution in [0.2, 0.25) is 0 Å². The quantitative estimate of drug-likeness (QED) is 0.659. The summed E-state index contributed by atoms with van der Waals surface area (Å²) in [5.74, 6) is -1.03. The van der Waals surface area contributed by atoms with E-state index in [1.165, 1.54) is 12.8 Å². The smallest absolute Gasteiger partial charge is 0.246 e. The summed E-state index contributed by atoms with van der Waals surface area (Å²) in [4.78, 5) is 0. The molecule has 1 fully saturated rings. The maximum Gasteiger partial charge on any atom is 0.246 e. The summed E-state index contributed by atoms with van der Waals surface area (Å²) in [6, 6.07) is 20.5. The van der Waals surface area contributed by atoms with Crippen molar-refractivity contribution in [3.8, 4) is 0 Å². The third kappa shape index (κ3) is 2.90. The van der Waals surface area contributed by atoms with Gasteiger partial charge in [0.15, 0.2) is 0 Å². The van der Waals surface area contributed by atoms with E-state index in [9.17, 15) is 5.11 Å². The van der Waals surface area contributed by atoms with Crippen LogP contribution >= 0.6 is 0 Å². The lowest BCUT2D eigenvalue weighted by atomic mass is 9.65. The number of hydrogen-bond donors (Lipinski definition) is 1. The first kappa shape index (κ1) is 18.3. The van der Waals surface area contributed by atoms with Gasteiger partial charge in [0.05, 0.1) is 12.2 Å². The molecular weight excluding hydrogens is 336 g/mol. The summed E-state index contributed by atoms with van der Waals surface area (Å²) < 4.78 is 12.5. The second kappa shape index (κ2) is 7.49. The summed E-state index contributed by atoms with van der Waals surface area (Å²) >= 11 is 0. The highest BCUT2D eigenvalue weighted by Gasteiger charge is 2.71. The van der Waals surface area contributed by atoms with Crippen LogP contribution in [0.5, 0.6) is 0 Å². The number of aliphatic hydroxyl groups is 1. The molecule has 142 valence electrons. The SMILES string of the molecule is CCCCCC[C@H](O)[C@]12OC=C[C@H]1C(c1ccccc1)(c1ccccc1)O2. The van der Waals surface area contributed by atoms with Crippen LogP contribution in [0.4, 0.5) is 0 Å². The summed E-state index contributed by atoms with van der Waals surface area (Å²) in [5.41, 5.74) is 1.55. The van der Waals surface area contributed by atoms with E-state index < -0.39 is 17.5 Å². The van der Waals surface area contributed by atoms with Gasteiger partial charge >= 0.3 is 0 Å². The average molecular weight is 364 g/mol. The van der Waals surface area contributed by atoms with Crippen LogP contribution in [0.1, 0.15) is 50.2 Å². The fraction of sp³-hybridized carbons (Fsp3) is 0.417. The Morgan fingerprint density at radius 1 is 0.926 bits per heavy atom. The van der Waals surface area contributed by atoms with Gasteiger partial charge < -0.3 is 14.6 Å². The number of ether oxygens (including phenoxy) is 2. The summed E-state index contributed by atoms with van der Waals surface area (Å²) in [7, 11) is 0. The van der Waals surface area contributed by atoms with Crippen molar-refractivity contribution < 1.29 is 14.6 Å². The average Bonchev–Trinajstić information content (AvgIpc) is 3.06. The molecule has 27 heavy (non-hydrogen) atoms. The van der Waals surface area contributed by atoms with Crippen LogP contribution in [0.15, 0.2) is 73.0 Å². The van der Waals surface area contributed by atoms with Crippen molar-refractivity contribution in [2.75, 3.05) is 0 Å². The Morgan fingerprint density at radius 3 is 2.15 bits per heavy atom. The molecule has 3 nitrogen and oxygen atoms in total. The highest BCUT2D eigenvalue weighted by atomic mass is 16.7. The molecule has 2 aliphatic heterocycles. The molecule has 0 spiro atoms. The lowest BCUT2D eigenvalue weighted by Crippen LogP contribution is -2.70. The second-order valence-corrected chi connectivity index (χ2v) is 7.58. The molecule has 0 amide bonds. The van der Waals surface area contributed by atoms with Crippen molar-refractivity contribution in [3.63, 3.8) is 0 Å². The summed E-state index contributed by atoms with van der Waals surface area (Å²) in [5, 5.41) is 11.0. The van der Waals surface area contributed by atoms with E-state index in [4.69, 9.17) is 9.47 Å². The molecule has 2 aromatic rings. The normalized spacial score (nSPS) is 26.1. The van der Waals surface area contributed by atoms with Crippen molar-refractivity contribution in [3.05, 3.63) is 84.1 Å². The fourth-order valence-corrected chi connectivity index (χ4v) is 4.53. The fourth-order valence-electron chi connectivity index (χ4n) is 4.53. The van der Waals surface area contributed by atoms with E-state index in [0.29, 0.717) is 6.42 Å². The lowest BCUT2D eigenvalue weighted by molar-refractivity contribution is -0.411. The molecule has 3 atom stereocenters. The monoisotopic (exact) mass is 364 g/mol. The van der Waals surface area contributed by atoms with Gasteiger partial charge in [-0.15, -0.1) is 0 Å². The van der Waals surface area contributed by atoms with Gasteiger partial charge in [0.25, 0.3) is 0 Å². The van der Waals surface area contributed by atoms with Gasteiger partial charge in [0.1, 0.15) is 11.7 Å². The molecule has 0 unspecified atom stereocenters. The molecule has 2 aromatic carbocycles. The van der Waals surface area contributed by atoms with Gasteiger partial charge in [-0.25, -0.2) is 0 Å². The third-order valence-electron chi connectivity index (χ3n) is 5.92. The summed E-state index contributed by atoms with van der Waals surface area (Å²) in [6.07, 6.45) is 8.30. The zero-order valence-corrected chi connectivity index (χ0v) is 15.9. The van der Waals surface area contributed by atoms with E-state index in [1.54, 1.807) is 6.26 Å². The predicted octanol–water partition coefficient (Wildman–Crippen LogP) is 5.15. The largest absolute Gasteiger partial charge is 0.467 e. The molecule has 1 N–H and O–H groups in total. The Bertz CT molecular complexity index is 731. The van der Waals surface area contributed by atoms with Crippen molar-refractivity contribution in [2.24, 2.45) is 5.92 Å². The molecule has 1 saturated heterocycles. The van der Waals surface area contributed by atoms with Crippen LogP contribution in [-0.2, 0) is 15.1 Å². The number of fused-ring (bicyclic) bond motifs is 1. The Morgan fingerprint density at radius 2 is 1.56 bits per heavy atom.